The van der Waals surface area contributed by atoms with Crippen LogP contribution in [0.4, 0.5) is 9.52 Å². The number of halogens is 1. The minimum atomic E-state index is -0.941. The van der Waals surface area contributed by atoms with Crippen LogP contribution in [0.1, 0.15) is 34.7 Å². The van der Waals surface area contributed by atoms with Crippen molar-refractivity contribution >= 4 is 39.9 Å². The third kappa shape index (κ3) is 5.12. The van der Waals surface area contributed by atoms with E-state index in [-0.39, 0.29) is 16.5 Å². The van der Waals surface area contributed by atoms with E-state index in [2.05, 4.69) is 10.2 Å². The van der Waals surface area contributed by atoms with Gasteiger partial charge in [0.15, 0.2) is 0 Å². The quantitative estimate of drug-likeness (QED) is 0.338. The average Bonchev–Trinajstić information content (AvgIpc) is 3.29. The Labute approximate surface area is 192 Å². The standard InChI is InChI=1S/C21H16FN3O3S.C2H4O2/c1-11-3-5-14(6-4-11)18(26)16-17(13-7-9-15(22)10-8-13)25(20(28)19(16)27)21-24-23-12(2)29-21;1-2(3)4/h3-10,17,26H,1-2H3;1H3,(H,3,4)/b18-16+;. The molecule has 10 heteroatoms. The molecule has 2 aromatic carbocycles. The number of carboxylic acid groups (broad SMARTS) is 1. The molecule has 4 rings (SSSR count). The molecule has 170 valence electrons. The number of hydrogen-bond acceptors (Lipinski definition) is 7. The number of aliphatic hydroxyl groups excluding tert-OH is 1. The van der Waals surface area contributed by atoms with Crippen molar-refractivity contribution in [2.24, 2.45) is 0 Å². The smallest absolute Gasteiger partial charge is 0.301 e. The van der Waals surface area contributed by atoms with Gasteiger partial charge in [-0.3, -0.25) is 19.3 Å². The van der Waals surface area contributed by atoms with Crippen molar-refractivity contribution in [3.8, 4) is 0 Å². The molecule has 1 amide bonds. The van der Waals surface area contributed by atoms with Crippen LogP contribution in [0.3, 0.4) is 0 Å². The number of Topliss-reactive ketones (excluding diaryl/α,β-unsaturated/α-hetero) is 1. The maximum Gasteiger partial charge on any atom is 0.301 e. The Hall–Kier alpha value is -3.92. The van der Waals surface area contributed by atoms with Crippen molar-refractivity contribution in [3.63, 3.8) is 0 Å². The molecule has 8 nitrogen and oxygen atoms in total. The van der Waals surface area contributed by atoms with E-state index in [4.69, 9.17) is 9.90 Å². The van der Waals surface area contributed by atoms with Gasteiger partial charge in [-0.1, -0.05) is 53.3 Å². The first-order valence-electron chi connectivity index (χ1n) is 9.73. The number of anilines is 1. The van der Waals surface area contributed by atoms with E-state index in [1.54, 1.807) is 31.2 Å². The summed E-state index contributed by atoms with van der Waals surface area (Å²) in [6.45, 7) is 4.72. The Morgan fingerprint density at radius 1 is 1.00 bits per heavy atom. The number of amides is 1. The van der Waals surface area contributed by atoms with Crippen molar-refractivity contribution in [2.75, 3.05) is 4.90 Å². The lowest BCUT2D eigenvalue weighted by atomic mass is 9.95. The van der Waals surface area contributed by atoms with E-state index in [0.717, 1.165) is 23.8 Å². The fourth-order valence-corrected chi connectivity index (χ4v) is 3.95. The van der Waals surface area contributed by atoms with Crippen LogP contribution < -0.4 is 4.90 Å². The monoisotopic (exact) mass is 469 g/mol. The van der Waals surface area contributed by atoms with Gasteiger partial charge in [0.25, 0.3) is 11.8 Å². The predicted octanol–water partition coefficient (Wildman–Crippen LogP) is 4.01. The zero-order chi connectivity index (χ0) is 24.3. The average molecular weight is 469 g/mol. The molecule has 0 bridgehead atoms. The molecule has 1 aliphatic heterocycles. The Balaban J connectivity index is 0.000000709. The van der Waals surface area contributed by atoms with Crippen LogP contribution in [-0.2, 0) is 14.4 Å². The van der Waals surface area contributed by atoms with Gasteiger partial charge in [-0.15, -0.1) is 10.2 Å². The molecule has 3 aromatic rings. The van der Waals surface area contributed by atoms with Crippen LogP contribution in [0.15, 0.2) is 54.1 Å². The van der Waals surface area contributed by atoms with E-state index in [9.17, 15) is 19.1 Å². The molecule has 0 aliphatic carbocycles. The molecule has 2 N–H and O–H groups in total. The van der Waals surface area contributed by atoms with Gasteiger partial charge in [-0.25, -0.2) is 4.39 Å². The fourth-order valence-electron chi connectivity index (χ4n) is 3.24. The van der Waals surface area contributed by atoms with Crippen molar-refractivity contribution in [3.05, 3.63) is 81.6 Å². The van der Waals surface area contributed by atoms with E-state index in [1.165, 1.54) is 29.2 Å². The highest BCUT2D eigenvalue weighted by Gasteiger charge is 2.48. The SMILES string of the molecule is CC(=O)O.Cc1ccc(/C(O)=C2\C(=O)C(=O)N(c3nnc(C)s3)C2c2ccc(F)cc2)cc1. The highest BCUT2D eigenvalue weighted by Crippen LogP contribution is 2.42. The minimum absolute atomic E-state index is 0.0710. The normalized spacial score (nSPS) is 17.0. The molecule has 1 aliphatic rings. The Kier molecular flexibility index (Phi) is 6.98. The second-order valence-electron chi connectivity index (χ2n) is 7.21. The van der Waals surface area contributed by atoms with Crippen LogP contribution in [0, 0.1) is 19.7 Å². The second kappa shape index (κ2) is 9.70. The molecule has 1 unspecified atom stereocenters. The Morgan fingerprint density at radius 2 is 1.58 bits per heavy atom. The summed E-state index contributed by atoms with van der Waals surface area (Å²) in [5.41, 5.74) is 1.81. The number of aromatic nitrogens is 2. The topological polar surface area (TPSA) is 121 Å². The highest BCUT2D eigenvalue weighted by atomic mass is 32.1. The van der Waals surface area contributed by atoms with Crippen molar-refractivity contribution in [1.29, 1.82) is 0 Å². The lowest BCUT2D eigenvalue weighted by Crippen LogP contribution is -2.29. The van der Waals surface area contributed by atoms with Gasteiger partial charge in [0.2, 0.25) is 5.13 Å². The molecular formula is C23H20FN3O5S. The minimum Gasteiger partial charge on any atom is -0.507 e. The first-order chi connectivity index (χ1) is 15.6. The van der Waals surface area contributed by atoms with Crippen molar-refractivity contribution in [1.82, 2.24) is 10.2 Å². The summed E-state index contributed by atoms with van der Waals surface area (Å²) in [5, 5.41) is 27.1. The van der Waals surface area contributed by atoms with Gasteiger partial charge in [0, 0.05) is 12.5 Å². The first-order valence-corrected chi connectivity index (χ1v) is 10.5. The van der Waals surface area contributed by atoms with Gasteiger partial charge < -0.3 is 10.2 Å². The first kappa shape index (κ1) is 23.7. The summed E-state index contributed by atoms with van der Waals surface area (Å²) in [4.78, 5) is 36.0. The largest absolute Gasteiger partial charge is 0.507 e. The summed E-state index contributed by atoms with van der Waals surface area (Å²) >= 11 is 1.16. The molecular weight excluding hydrogens is 449 g/mol. The third-order valence-electron chi connectivity index (χ3n) is 4.68. The number of hydrogen-bond donors (Lipinski definition) is 2. The van der Waals surface area contributed by atoms with Crippen LogP contribution in [0.25, 0.3) is 5.76 Å². The van der Waals surface area contributed by atoms with Crippen LogP contribution >= 0.6 is 11.3 Å². The molecule has 0 radical (unpaired) electrons. The number of benzene rings is 2. The number of aryl methyl sites for hydroxylation is 2. The molecule has 1 aromatic heterocycles. The lowest BCUT2D eigenvalue weighted by molar-refractivity contribution is -0.134. The van der Waals surface area contributed by atoms with Gasteiger partial charge >= 0.3 is 5.91 Å². The summed E-state index contributed by atoms with van der Waals surface area (Å²) < 4.78 is 13.5. The van der Waals surface area contributed by atoms with Crippen molar-refractivity contribution in [2.45, 2.75) is 26.8 Å². The molecule has 1 atom stereocenters. The van der Waals surface area contributed by atoms with Gasteiger partial charge in [0.1, 0.15) is 16.6 Å². The van der Waals surface area contributed by atoms with Gasteiger partial charge in [-0.05, 0) is 31.5 Å². The molecule has 2 heterocycles. The Bertz CT molecular complexity index is 1230. The number of carboxylic acids is 1. The second-order valence-corrected chi connectivity index (χ2v) is 8.37. The molecule has 1 fully saturated rings. The van der Waals surface area contributed by atoms with E-state index in [1.807, 2.05) is 6.92 Å². The number of nitrogens with zero attached hydrogens (tertiary/aromatic N) is 3. The maximum atomic E-state index is 13.5. The summed E-state index contributed by atoms with van der Waals surface area (Å²) in [5.74, 6) is -3.22. The van der Waals surface area contributed by atoms with E-state index >= 15 is 0 Å². The number of ketones is 1. The maximum absolute atomic E-state index is 13.5. The number of carbonyl (C=O) groups excluding carboxylic acids is 2. The third-order valence-corrected chi connectivity index (χ3v) is 5.51. The number of rotatable bonds is 3. The summed E-state index contributed by atoms with van der Waals surface area (Å²) in [6, 6.07) is 11.5. The molecule has 33 heavy (non-hydrogen) atoms. The molecule has 0 spiro atoms. The summed E-state index contributed by atoms with van der Waals surface area (Å²) in [7, 11) is 0. The fraction of sp³-hybridized carbons (Fsp3) is 0.174. The highest BCUT2D eigenvalue weighted by molar-refractivity contribution is 7.15. The predicted molar refractivity (Wildman–Crippen MR) is 120 cm³/mol. The summed E-state index contributed by atoms with van der Waals surface area (Å²) in [6.07, 6.45) is 0. The van der Waals surface area contributed by atoms with E-state index in [0.29, 0.717) is 16.1 Å². The molecule has 1 saturated heterocycles. The van der Waals surface area contributed by atoms with E-state index < -0.39 is 29.5 Å². The van der Waals surface area contributed by atoms with Crippen LogP contribution in [0.5, 0.6) is 0 Å². The lowest BCUT2D eigenvalue weighted by Gasteiger charge is -2.22. The zero-order valence-electron chi connectivity index (χ0n) is 17.9. The van der Waals surface area contributed by atoms with Crippen LogP contribution in [-0.4, -0.2) is 38.1 Å². The van der Waals surface area contributed by atoms with Crippen molar-refractivity contribution < 1.29 is 29.0 Å². The Morgan fingerprint density at radius 3 is 2.09 bits per heavy atom. The van der Waals surface area contributed by atoms with Gasteiger partial charge in [-0.2, -0.15) is 0 Å². The number of carbonyl (C=O) groups is 3. The number of aliphatic carboxylic acids is 1. The van der Waals surface area contributed by atoms with Gasteiger partial charge in [0.05, 0.1) is 11.6 Å². The molecule has 0 saturated carbocycles. The zero-order valence-corrected chi connectivity index (χ0v) is 18.8. The number of aliphatic hydroxyl groups is 1. The van der Waals surface area contributed by atoms with Crippen LogP contribution in [0.2, 0.25) is 0 Å².